The zero-order valence-electron chi connectivity index (χ0n) is 12.6. The second-order valence-electron chi connectivity index (χ2n) is 5.67. The predicted octanol–water partition coefficient (Wildman–Crippen LogP) is 3.61. The third-order valence-corrected chi connectivity index (χ3v) is 4.16. The summed E-state index contributed by atoms with van der Waals surface area (Å²) in [6, 6.07) is 10.8. The standard InChI is InChI=1S/C18H18N4/c1-13-6-7-14-4-2-5-15-16(14)17(13)21-18(15)20-8-3-10-22-11-9-19-12-22/h2,4-7,9,11-12H,3,8,10H2,1H3,(H,20,21). The molecule has 110 valence electrons. The van der Waals surface area contributed by atoms with Gasteiger partial charge in [-0.2, -0.15) is 0 Å². The summed E-state index contributed by atoms with van der Waals surface area (Å²) >= 11 is 0. The molecule has 0 spiro atoms. The Labute approximate surface area is 129 Å². The molecule has 0 atom stereocenters. The van der Waals surface area contributed by atoms with Crippen molar-refractivity contribution in [3.05, 3.63) is 60.2 Å². The van der Waals surface area contributed by atoms with E-state index in [4.69, 9.17) is 4.99 Å². The molecule has 0 bridgehead atoms. The van der Waals surface area contributed by atoms with Gasteiger partial charge in [-0.3, -0.25) is 4.99 Å². The fourth-order valence-corrected chi connectivity index (χ4v) is 3.02. The van der Waals surface area contributed by atoms with Crippen LogP contribution in [0.1, 0.15) is 17.5 Å². The molecule has 1 N–H and O–H groups in total. The van der Waals surface area contributed by atoms with E-state index in [0.29, 0.717) is 0 Å². The first kappa shape index (κ1) is 13.1. The number of aliphatic imine (C=N–C) groups is 1. The molecule has 0 fully saturated rings. The van der Waals surface area contributed by atoms with Crippen molar-refractivity contribution < 1.29 is 0 Å². The molecule has 3 aromatic rings. The van der Waals surface area contributed by atoms with Crippen LogP contribution in [-0.4, -0.2) is 21.9 Å². The zero-order chi connectivity index (χ0) is 14.9. The van der Waals surface area contributed by atoms with Crippen LogP contribution in [0.3, 0.4) is 0 Å². The number of hydrogen-bond donors (Lipinski definition) is 1. The van der Waals surface area contributed by atoms with Gasteiger partial charge in [-0.1, -0.05) is 30.3 Å². The molecular weight excluding hydrogens is 272 g/mol. The molecule has 1 aliphatic heterocycles. The summed E-state index contributed by atoms with van der Waals surface area (Å²) in [7, 11) is 0. The second kappa shape index (κ2) is 5.30. The van der Waals surface area contributed by atoms with E-state index in [2.05, 4.69) is 52.1 Å². The van der Waals surface area contributed by atoms with Crippen LogP contribution >= 0.6 is 0 Å². The highest BCUT2D eigenvalue weighted by molar-refractivity contribution is 6.26. The average Bonchev–Trinajstić information content (AvgIpc) is 3.17. The largest absolute Gasteiger partial charge is 0.339 e. The number of amidine groups is 1. The minimum absolute atomic E-state index is 0.809. The summed E-state index contributed by atoms with van der Waals surface area (Å²) in [5, 5.41) is 6.07. The number of rotatable bonds is 4. The number of benzene rings is 2. The van der Waals surface area contributed by atoms with Crippen molar-refractivity contribution in [1.82, 2.24) is 9.55 Å². The van der Waals surface area contributed by atoms with E-state index in [1.165, 1.54) is 27.6 Å². The Morgan fingerprint density at radius 1 is 1.23 bits per heavy atom. The summed E-state index contributed by atoms with van der Waals surface area (Å²) in [5.74, 6) is 1.00. The van der Waals surface area contributed by atoms with Gasteiger partial charge in [0, 0.05) is 36.4 Å². The van der Waals surface area contributed by atoms with Crippen molar-refractivity contribution in [1.29, 1.82) is 0 Å². The van der Waals surface area contributed by atoms with Gasteiger partial charge in [0.25, 0.3) is 0 Å². The molecule has 4 heteroatoms. The van der Waals surface area contributed by atoms with Crippen molar-refractivity contribution in [2.24, 2.45) is 4.99 Å². The van der Waals surface area contributed by atoms with Crippen molar-refractivity contribution in [3.8, 4) is 0 Å². The van der Waals surface area contributed by atoms with E-state index in [1.807, 2.05) is 18.7 Å². The number of aromatic nitrogens is 2. The van der Waals surface area contributed by atoms with E-state index in [9.17, 15) is 0 Å². The van der Waals surface area contributed by atoms with Crippen molar-refractivity contribution in [3.63, 3.8) is 0 Å². The van der Waals surface area contributed by atoms with Crippen LogP contribution in [0.25, 0.3) is 10.8 Å². The lowest BCUT2D eigenvalue weighted by Gasteiger charge is -2.04. The van der Waals surface area contributed by atoms with Crippen molar-refractivity contribution in [2.45, 2.75) is 19.9 Å². The first-order chi connectivity index (χ1) is 10.8. The first-order valence-electron chi connectivity index (χ1n) is 7.63. The molecule has 2 heterocycles. The number of nitrogens with zero attached hydrogens (tertiary/aromatic N) is 3. The highest BCUT2D eigenvalue weighted by Crippen LogP contribution is 2.35. The Kier molecular flexibility index (Phi) is 3.15. The van der Waals surface area contributed by atoms with Gasteiger partial charge in [0.05, 0.1) is 12.0 Å². The van der Waals surface area contributed by atoms with E-state index in [1.54, 1.807) is 0 Å². The quantitative estimate of drug-likeness (QED) is 0.746. The molecular formula is C18H18N4. The molecule has 0 radical (unpaired) electrons. The maximum atomic E-state index is 4.78. The fourth-order valence-electron chi connectivity index (χ4n) is 3.02. The molecule has 0 saturated heterocycles. The van der Waals surface area contributed by atoms with Gasteiger partial charge in [-0.15, -0.1) is 0 Å². The van der Waals surface area contributed by atoms with E-state index < -0.39 is 0 Å². The van der Waals surface area contributed by atoms with Gasteiger partial charge in [0.15, 0.2) is 0 Å². The minimum Gasteiger partial charge on any atom is -0.339 e. The number of anilines is 1. The Morgan fingerprint density at radius 3 is 3.05 bits per heavy atom. The van der Waals surface area contributed by atoms with Gasteiger partial charge < -0.3 is 9.88 Å². The molecule has 2 aromatic carbocycles. The lowest BCUT2D eigenvalue weighted by Crippen LogP contribution is -2.09. The third kappa shape index (κ3) is 2.17. The van der Waals surface area contributed by atoms with Gasteiger partial charge in [-0.25, -0.2) is 4.98 Å². The van der Waals surface area contributed by atoms with Crippen LogP contribution in [0.5, 0.6) is 0 Å². The molecule has 0 saturated carbocycles. The fraction of sp³-hybridized carbons (Fsp3) is 0.222. The molecule has 0 amide bonds. The molecule has 4 nitrogen and oxygen atoms in total. The van der Waals surface area contributed by atoms with Crippen LogP contribution in [0, 0.1) is 6.92 Å². The van der Waals surface area contributed by atoms with Gasteiger partial charge >= 0.3 is 0 Å². The number of nitrogens with one attached hydrogen (secondary N) is 1. The van der Waals surface area contributed by atoms with Crippen LogP contribution < -0.4 is 5.32 Å². The molecule has 1 aromatic heterocycles. The zero-order valence-corrected chi connectivity index (χ0v) is 12.6. The second-order valence-corrected chi connectivity index (χ2v) is 5.67. The Morgan fingerprint density at radius 2 is 2.18 bits per heavy atom. The molecule has 0 unspecified atom stereocenters. The van der Waals surface area contributed by atoms with Crippen LogP contribution in [0.15, 0.2) is 54.0 Å². The van der Waals surface area contributed by atoms with Crippen LogP contribution in [-0.2, 0) is 6.54 Å². The van der Waals surface area contributed by atoms with E-state index >= 15 is 0 Å². The van der Waals surface area contributed by atoms with Crippen molar-refractivity contribution >= 4 is 22.3 Å². The number of hydrogen-bond acceptors (Lipinski definition) is 2. The van der Waals surface area contributed by atoms with Crippen molar-refractivity contribution in [2.75, 3.05) is 11.9 Å². The van der Waals surface area contributed by atoms with Gasteiger partial charge in [-0.05, 0) is 24.3 Å². The SMILES string of the molecule is Cc1ccc2cccc3c2c1NC3=NCCCn1ccnc1. The van der Waals surface area contributed by atoms with E-state index in [-0.39, 0.29) is 0 Å². The van der Waals surface area contributed by atoms with Gasteiger partial charge in [0.2, 0.25) is 0 Å². The summed E-state index contributed by atoms with van der Waals surface area (Å²) in [6.45, 7) is 3.90. The predicted molar refractivity (Wildman–Crippen MR) is 90.6 cm³/mol. The smallest absolute Gasteiger partial charge is 0.133 e. The van der Waals surface area contributed by atoms with Crippen LogP contribution in [0.4, 0.5) is 5.69 Å². The summed E-state index contributed by atoms with van der Waals surface area (Å²) < 4.78 is 2.09. The maximum absolute atomic E-state index is 4.78. The Bertz CT molecular complexity index is 847. The van der Waals surface area contributed by atoms with Crippen LogP contribution in [0.2, 0.25) is 0 Å². The maximum Gasteiger partial charge on any atom is 0.133 e. The highest BCUT2D eigenvalue weighted by Gasteiger charge is 2.20. The third-order valence-electron chi connectivity index (χ3n) is 4.16. The number of imidazole rings is 1. The lowest BCUT2D eigenvalue weighted by molar-refractivity contribution is 0.651. The van der Waals surface area contributed by atoms with E-state index in [0.717, 1.165) is 25.3 Å². The summed E-state index contributed by atoms with van der Waals surface area (Å²) in [5.41, 5.74) is 3.70. The summed E-state index contributed by atoms with van der Waals surface area (Å²) in [6.07, 6.45) is 6.65. The molecule has 0 aliphatic carbocycles. The first-order valence-corrected chi connectivity index (χ1v) is 7.63. The molecule has 1 aliphatic rings. The highest BCUT2D eigenvalue weighted by atomic mass is 15.0. The monoisotopic (exact) mass is 290 g/mol. The summed E-state index contributed by atoms with van der Waals surface area (Å²) in [4.78, 5) is 8.83. The number of aryl methyl sites for hydroxylation is 2. The normalized spacial score (nSPS) is 14.7. The van der Waals surface area contributed by atoms with Gasteiger partial charge in [0.1, 0.15) is 5.84 Å². The Balaban J connectivity index is 1.56. The minimum atomic E-state index is 0.809. The Hall–Kier alpha value is -2.62. The molecule has 4 rings (SSSR count). The molecule has 22 heavy (non-hydrogen) atoms. The average molecular weight is 290 g/mol. The lowest BCUT2D eigenvalue weighted by atomic mass is 10.0. The topological polar surface area (TPSA) is 42.2 Å².